The van der Waals surface area contributed by atoms with Gasteiger partial charge in [-0.15, -0.1) is 0 Å². The Morgan fingerprint density at radius 1 is 1.55 bits per heavy atom. The average molecular weight is 217 g/mol. The van der Waals surface area contributed by atoms with Gasteiger partial charge in [-0.2, -0.15) is 0 Å². The summed E-state index contributed by atoms with van der Waals surface area (Å²) >= 11 is 3.44. The molecule has 1 aliphatic carbocycles. The molecule has 0 aliphatic heterocycles. The molecule has 0 aromatic rings. The first-order chi connectivity index (χ1) is 5.05. The van der Waals surface area contributed by atoms with Gasteiger partial charge in [0, 0.05) is 10.1 Å². The Hall–Kier alpha value is -0.110. The largest absolute Gasteiger partial charge is 0.298 e. The van der Waals surface area contributed by atoms with Gasteiger partial charge in [-0.1, -0.05) is 29.8 Å². The van der Waals surface area contributed by atoms with E-state index in [0.717, 1.165) is 35.6 Å². The summed E-state index contributed by atoms with van der Waals surface area (Å²) in [6, 6.07) is 0. The highest BCUT2D eigenvalue weighted by Gasteiger charge is 2.25. The molecule has 0 aromatic heterocycles. The first-order valence-electron chi connectivity index (χ1n) is 3.88. The summed E-state index contributed by atoms with van der Waals surface area (Å²) < 4.78 is 1.10. The summed E-state index contributed by atoms with van der Waals surface area (Å²) in [6.07, 6.45) is 4.02. The minimum Gasteiger partial charge on any atom is -0.298 e. The van der Waals surface area contributed by atoms with Crippen LogP contribution in [0.4, 0.5) is 0 Å². The lowest BCUT2D eigenvalue weighted by Crippen LogP contribution is -2.16. The Balaban J connectivity index is 2.79. The zero-order valence-corrected chi connectivity index (χ0v) is 8.57. The normalized spacial score (nSPS) is 23.5. The highest BCUT2D eigenvalue weighted by Crippen LogP contribution is 2.40. The van der Waals surface area contributed by atoms with Gasteiger partial charge in [0.2, 0.25) is 0 Å². The van der Waals surface area contributed by atoms with Crippen LogP contribution in [0.15, 0.2) is 10.1 Å². The van der Waals surface area contributed by atoms with E-state index in [1.807, 2.05) is 0 Å². The highest BCUT2D eigenvalue weighted by atomic mass is 79.9. The van der Waals surface area contributed by atoms with Crippen molar-refractivity contribution in [3.05, 3.63) is 10.1 Å². The molecule has 11 heavy (non-hydrogen) atoms. The van der Waals surface area contributed by atoms with Crippen molar-refractivity contribution in [1.82, 2.24) is 0 Å². The molecule has 1 rings (SSSR count). The van der Waals surface area contributed by atoms with Crippen LogP contribution in [-0.4, -0.2) is 6.29 Å². The maximum absolute atomic E-state index is 10.5. The molecule has 0 heterocycles. The highest BCUT2D eigenvalue weighted by molar-refractivity contribution is 9.11. The molecule has 0 atom stereocenters. The number of rotatable bonds is 1. The van der Waals surface area contributed by atoms with Crippen molar-refractivity contribution in [3.8, 4) is 0 Å². The van der Waals surface area contributed by atoms with E-state index >= 15 is 0 Å². The number of carbonyl (C=O) groups excluding carboxylic acids is 1. The summed E-state index contributed by atoms with van der Waals surface area (Å²) in [5.74, 6) is 0. The third-order valence-electron chi connectivity index (χ3n) is 2.20. The predicted octanol–water partition coefficient (Wildman–Crippen LogP) is 3.04. The van der Waals surface area contributed by atoms with Crippen molar-refractivity contribution in [1.29, 1.82) is 0 Å². The van der Waals surface area contributed by atoms with Crippen molar-refractivity contribution in [2.24, 2.45) is 5.41 Å². The first kappa shape index (κ1) is 8.98. The Kier molecular flexibility index (Phi) is 2.53. The van der Waals surface area contributed by atoms with Crippen LogP contribution in [0.1, 0.15) is 33.1 Å². The van der Waals surface area contributed by atoms with Crippen molar-refractivity contribution in [3.63, 3.8) is 0 Å². The van der Waals surface area contributed by atoms with Gasteiger partial charge in [0.05, 0.1) is 0 Å². The maximum atomic E-state index is 10.5. The molecule has 0 bridgehead atoms. The maximum Gasteiger partial charge on any atom is 0.146 e. The molecule has 2 heteroatoms. The van der Waals surface area contributed by atoms with E-state index < -0.39 is 0 Å². The standard InChI is InChI=1S/C9H13BrO/c1-9(2)4-3-7(6-11)8(10)5-9/h6H,3-5H2,1-2H3. The second-order valence-electron chi connectivity index (χ2n) is 3.89. The van der Waals surface area contributed by atoms with Gasteiger partial charge < -0.3 is 0 Å². The molecule has 0 aromatic carbocycles. The molecule has 0 saturated heterocycles. The Morgan fingerprint density at radius 2 is 2.18 bits per heavy atom. The quantitative estimate of drug-likeness (QED) is 0.617. The number of carbonyl (C=O) groups is 1. The van der Waals surface area contributed by atoms with Crippen LogP contribution in [0.3, 0.4) is 0 Å². The van der Waals surface area contributed by atoms with E-state index in [1.165, 1.54) is 0 Å². The monoisotopic (exact) mass is 216 g/mol. The van der Waals surface area contributed by atoms with E-state index in [0.29, 0.717) is 5.41 Å². The zero-order chi connectivity index (χ0) is 8.48. The van der Waals surface area contributed by atoms with Crippen LogP contribution in [0, 0.1) is 5.41 Å². The van der Waals surface area contributed by atoms with Crippen LogP contribution < -0.4 is 0 Å². The lowest BCUT2D eigenvalue weighted by atomic mass is 9.78. The molecule has 0 saturated carbocycles. The third kappa shape index (κ3) is 2.16. The molecule has 0 unspecified atom stereocenters. The minimum atomic E-state index is 0.366. The molecular weight excluding hydrogens is 204 g/mol. The molecule has 0 fully saturated rings. The van der Waals surface area contributed by atoms with E-state index in [9.17, 15) is 4.79 Å². The van der Waals surface area contributed by atoms with Gasteiger partial charge in [-0.3, -0.25) is 4.79 Å². The van der Waals surface area contributed by atoms with E-state index in [2.05, 4.69) is 29.8 Å². The Labute approximate surface area is 76.0 Å². The second-order valence-corrected chi connectivity index (χ2v) is 4.85. The number of hydrogen-bond acceptors (Lipinski definition) is 1. The predicted molar refractivity (Wildman–Crippen MR) is 49.6 cm³/mol. The van der Waals surface area contributed by atoms with E-state index in [4.69, 9.17) is 0 Å². The van der Waals surface area contributed by atoms with Crippen molar-refractivity contribution < 1.29 is 4.79 Å². The molecule has 0 spiro atoms. The van der Waals surface area contributed by atoms with Gasteiger partial charge in [-0.05, 0) is 24.7 Å². The Bertz CT molecular complexity index is 204. The van der Waals surface area contributed by atoms with Crippen LogP contribution >= 0.6 is 15.9 Å². The molecule has 1 nitrogen and oxygen atoms in total. The fourth-order valence-corrected chi connectivity index (χ4v) is 2.40. The van der Waals surface area contributed by atoms with Crippen molar-refractivity contribution >= 4 is 22.2 Å². The van der Waals surface area contributed by atoms with Gasteiger partial charge in [-0.25, -0.2) is 0 Å². The second kappa shape index (κ2) is 3.10. The Morgan fingerprint density at radius 3 is 2.64 bits per heavy atom. The molecular formula is C9H13BrO. The molecule has 0 amide bonds. The van der Waals surface area contributed by atoms with Crippen LogP contribution in [0.5, 0.6) is 0 Å². The van der Waals surface area contributed by atoms with E-state index in [1.54, 1.807) is 0 Å². The summed E-state index contributed by atoms with van der Waals surface area (Å²) in [6.45, 7) is 4.46. The number of halogens is 1. The van der Waals surface area contributed by atoms with Crippen molar-refractivity contribution in [2.45, 2.75) is 33.1 Å². The number of hydrogen-bond donors (Lipinski definition) is 0. The minimum absolute atomic E-state index is 0.366. The lowest BCUT2D eigenvalue weighted by molar-refractivity contribution is -0.105. The lowest BCUT2D eigenvalue weighted by Gasteiger charge is -2.29. The van der Waals surface area contributed by atoms with Gasteiger partial charge in [0.1, 0.15) is 6.29 Å². The van der Waals surface area contributed by atoms with Crippen molar-refractivity contribution in [2.75, 3.05) is 0 Å². The smallest absolute Gasteiger partial charge is 0.146 e. The summed E-state index contributed by atoms with van der Waals surface area (Å²) in [5.41, 5.74) is 1.31. The number of aldehydes is 1. The van der Waals surface area contributed by atoms with Gasteiger partial charge >= 0.3 is 0 Å². The summed E-state index contributed by atoms with van der Waals surface area (Å²) in [5, 5.41) is 0. The summed E-state index contributed by atoms with van der Waals surface area (Å²) in [7, 11) is 0. The topological polar surface area (TPSA) is 17.1 Å². The van der Waals surface area contributed by atoms with Gasteiger partial charge in [0.25, 0.3) is 0 Å². The van der Waals surface area contributed by atoms with Gasteiger partial charge in [0.15, 0.2) is 0 Å². The SMILES string of the molecule is CC1(C)CCC(C=O)=C(Br)C1. The van der Waals surface area contributed by atoms with Crippen LogP contribution in [-0.2, 0) is 4.79 Å². The fourth-order valence-electron chi connectivity index (χ4n) is 1.35. The molecule has 1 aliphatic rings. The van der Waals surface area contributed by atoms with Crippen LogP contribution in [0.25, 0.3) is 0 Å². The molecule has 0 N–H and O–H groups in total. The summed E-state index contributed by atoms with van der Waals surface area (Å²) in [4.78, 5) is 10.5. The van der Waals surface area contributed by atoms with Crippen LogP contribution in [0.2, 0.25) is 0 Å². The average Bonchev–Trinajstić information content (AvgIpc) is 1.86. The zero-order valence-electron chi connectivity index (χ0n) is 6.98. The third-order valence-corrected chi connectivity index (χ3v) is 2.99. The number of allylic oxidation sites excluding steroid dienone is 2. The first-order valence-corrected chi connectivity index (χ1v) is 4.67. The molecule has 62 valence electrons. The van der Waals surface area contributed by atoms with E-state index in [-0.39, 0.29) is 0 Å². The molecule has 0 radical (unpaired) electrons. The fraction of sp³-hybridized carbons (Fsp3) is 0.667.